The van der Waals surface area contributed by atoms with Crippen LogP contribution in [0.25, 0.3) is 0 Å². The average Bonchev–Trinajstić information content (AvgIpc) is 2.38. The van der Waals surface area contributed by atoms with E-state index in [0.717, 1.165) is 41.6 Å². The van der Waals surface area contributed by atoms with Gasteiger partial charge in [0.25, 0.3) is 0 Å². The first kappa shape index (κ1) is 12.9. The van der Waals surface area contributed by atoms with Gasteiger partial charge in [0.05, 0.1) is 16.9 Å². The molecule has 0 spiro atoms. The highest BCUT2D eigenvalue weighted by atomic mass is 15.1. The van der Waals surface area contributed by atoms with E-state index in [0.29, 0.717) is 0 Å². The molecule has 1 aliphatic rings. The number of nitrogens with zero attached hydrogens (tertiary/aromatic N) is 3. The van der Waals surface area contributed by atoms with E-state index in [1.165, 1.54) is 19.3 Å². The lowest BCUT2D eigenvalue weighted by atomic mass is 9.93. The maximum absolute atomic E-state index is 9.30. The molecule has 0 amide bonds. The third kappa shape index (κ3) is 2.48. The van der Waals surface area contributed by atoms with Gasteiger partial charge in [-0.1, -0.05) is 13.3 Å². The summed E-state index contributed by atoms with van der Waals surface area (Å²) in [5, 5.41) is 9.30. The number of aryl methyl sites for hydroxylation is 2. The monoisotopic (exact) mass is 243 g/mol. The summed E-state index contributed by atoms with van der Waals surface area (Å²) in [4.78, 5) is 6.74. The van der Waals surface area contributed by atoms with Crippen LogP contribution in [0.2, 0.25) is 0 Å². The molecule has 0 aliphatic carbocycles. The molecule has 1 saturated heterocycles. The van der Waals surface area contributed by atoms with E-state index in [2.05, 4.69) is 28.9 Å². The molecule has 96 valence electrons. The van der Waals surface area contributed by atoms with E-state index in [1.54, 1.807) is 0 Å². The van der Waals surface area contributed by atoms with Crippen LogP contribution in [-0.2, 0) is 0 Å². The predicted molar refractivity (Wildman–Crippen MR) is 73.7 cm³/mol. The maximum atomic E-state index is 9.30. The van der Waals surface area contributed by atoms with E-state index in [-0.39, 0.29) is 0 Å². The topological polar surface area (TPSA) is 39.9 Å². The van der Waals surface area contributed by atoms with Crippen molar-refractivity contribution in [1.29, 1.82) is 5.26 Å². The quantitative estimate of drug-likeness (QED) is 0.800. The Labute approximate surface area is 109 Å². The number of aromatic nitrogens is 1. The first-order valence-corrected chi connectivity index (χ1v) is 6.79. The lowest BCUT2D eigenvalue weighted by Gasteiger charge is -2.34. The first-order valence-electron chi connectivity index (χ1n) is 6.79. The zero-order chi connectivity index (χ0) is 13.1. The third-order valence-corrected chi connectivity index (χ3v) is 3.95. The van der Waals surface area contributed by atoms with Crippen LogP contribution in [0.1, 0.15) is 43.1 Å². The van der Waals surface area contributed by atoms with Crippen molar-refractivity contribution in [2.24, 2.45) is 5.92 Å². The Morgan fingerprint density at radius 2 is 2.06 bits per heavy atom. The molecule has 2 rings (SSSR count). The fourth-order valence-electron chi connectivity index (χ4n) is 2.78. The Hall–Kier alpha value is -1.56. The van der Waals surface area contributed by atoms with Crippen molar-refractivity contribution < 1.29 is 0 Å². The van der Waals surface area contributed by atoms with Crippen molar-refractivity contribution >= 4 is 5.69 Å². The summed E-state index contributed by atoms with van der Waals surface area (Å²) in [6.45, 7) is 8.32. The molecule has 1 aliphatic heterocycles. The van der Waals surface area contributed by atoms with Gasteiger partial charge in [-0.3, -0.25) is 4.98 Å². The Morgan fingerprint density at radius 1 is 1.39 bits per heavy atom. The molecule has 0 unspecified atom stereocenters. The number of rotatable bonds is 2. The van der Waals surface area contributed by atoms with Gasteiger partial charge in [0, 0.05) is 18.8 Å². The Kier molecular flexibility index (Phi) is 3.86. The van der Waals surface area contributed by atoms with Gasteiger partial charge >= 0.3 is 0 Å². The lowest BCUT2D eigenvalue weighted by molar-refractivity contribution is 0.395. The minimum Gasteiger partial charge on any atom is -0.370 e. The van der Waals surface area contributed by atoms with Gasteiger partial charge in [-0.15, -0.1) is 0 Å². The first-order chi connectivity index (χ1) is 8.65. The molecule has 1 aromatic rings. The fraction of sp³-hybridized carbons (Fsp3) is 0.600. The van der Waals surface area contributed by atoms with E-state index in [4.69, 9.17) is 0 Å². The molecule has 2 heterocycles. The zero-order valence-electron chi connectivity index (χ0n) is 11.5. The number of piperidine rings is 1. The maximum Gasteiger partial charge on any atom is 0.103 e. The molecule has 0 N–H and O–H groups in total. The van der Waals surface area contributed by atoms with Gasteiger partial charge in [0.2, 0.25) is 0 Å². The minimum absolute atomic E-state index is 0.746. The number of pyridine rings is 1. The molecule has 0 radical (unpaired) electrons. The summed E-state index contributed by atoms with van der Waals surface area (Å²) in [5.74, 6) is 0.857. The van der Waals surface area contributed by atoms with Gasteiger partial charge in [0.1, 0.15) is 6.07 Å². The van der Waals surface area contributed by atoms with Crippen LogP contribution in [-0.4, -0.2) is 18.1 Å². The second-order valence-electron chi connectivity index (χ2n) is 5.19. The Bertz CT molecular complexity index is 465. The molecule has 1 aromatic heterocycles. The summed E-state index contributed by atoms with van der Waals surface area (Å²) in [5.41, 5.74) is 3.68. The van der Waals surface area contributed by atoms with Crippen molar-refractivity contribution in [1.82, 2.24) is 4.98 Å². The predicted octanol–water partition coefficient (Wildman–Crippen LogP) is 3.20. The summed E-state index contributed by atoms with van der Waals surface area (Å²) in [6, 6.07) is 4.36. The zero-order valence-corrected chi connectivity index (χ0v) is 11.5. The Morgan fingerprint density at radius 3 is 2.61 bits per heavy atom. The van der Waals surface area contributed by atoms with Crippen LogP contribution in [0.4, 0.5) is 5.69 Å². The second kappa shape index (κ2) is 5.39. The highest BCUT2D eigenvalue weighted by Crippen LogP contribution is 2.28. The molecule has 0 aromatic carbocycles. The number of hydrogen-bond acceptors (Lipinski definition) is 3. The molecular formula is C15H21N3. The molecule has 1 fully saturated rings. The molecule has 3 heteroatoms. The smallest absolute Gasteiger partial charge is 0.103 e. The normalized spacial score (nSPS) is 16.7. The van der Waals surface area contributed by atoms with Crippen LogP contribution in [0.5, 0.6) is 0 Å². The number of anilines is 1. The van der Waals surface area contributed by atoms with Gasteiger partial charge in [0.15, 0.2) is 0 Å². The molecular weight excluding hydrogens is 222 g/mol. The van der Waals surface area contributed by atoms with E-state index >= 15 is 0 Å². The number of nitriles is 1. The van der Waals surface area contributed by atoms with E-state index in [9.17, 15) is 5.26 Å². The lowest BCUT2D eigenvalue weighted by Crippen LogP contribution is -2.34. The molecule has 0 bridgehead atoms. The fourth-order valence-corrected chi connectivity index (χ4v) is 2.78. The van der Waals surface area contributed by atoms with Crippen LogP contribution in [0, 0.1) is 31.1 Å². The van der Waals surface area contributed by atoms with Gasteiger partial charge in [-0.05, 0) is 38.7 Å². The van der Waals surface area contributed by atoms with Gasteiger partial charge in [-0.2, -0.15) is 5.26 Å². The summed E-state index contributed by atoms with van der Waals surface area (Å²) < 4.78 is 0. The van der Waals surface area contributed by atoms with E-state index in [1.807, 2.05) is 13.8 Å². The second-order valence-corrected chi connectivity index (χ2v) is 5.19. The van der Waals surface area contributed by atoms with Crippen molar-refractivity contribution in [3.63, 3.8) is 0 Å². The third-order valence-electron chi connectivity index (χ3n) is 3.95. The minimum atomic E-state index is 0.746. The van der Waals surface area contributed by atoms with Crippen molar-refractivity contribution in [2.45, 2.75) is 40.0 Å². The van der Waals surface area contributed by atoms with Gasteiger partial charge in [-0.25, -0.2) is 0 Å². The highest BCUT2D eigenvalue weighted by Gasteiger charge is 2.21. The van der Waals surface area contributed by atoms with Crippen molar-refractivity contribution in [2.75, 3.05) is 18.0 Å². The van der Waals surface area contributed by atoms with Crippen LogP contribution in [0.15, 0.2) is 6.07 Å². The standard InChI is InChI=1S/C15H21N3/c1-4-13-5-7-18(8-6-13)15-9-11(2)17-12(3)14(15)10-16/h9,13H,4-8H2,1-3H3. The van der Waals surface area contributed by atoms with Crippen LogP contribution in [0.3, 0.4) is 0 Å². The van der Waals surface area contributed by atoms with Gasteiger partial charge < -0.3 is 4.90 Å². The molecule has 3 nitrogen and oxygen atoms in total. The van der Waals surface area contributed by atoms with E-state index < -0.39 is 0 Å². The summed E-state index contributed by atoms with van der Waals surface area (Å²) in [7, 11) is 0. The Balaban J connectivity index is 2.26. The van der Waals surface area contributed by atoms with Crippen LogP contribution >= 0.6 is 0 Å². The molecule has 18 heavy (non-hydrogen) atoms. The number of hydrogen-bond donors (Lipinski definition) is 0. The van der Waals surface area contributed by atoms with Crippen molar-refractivity contribution in [3.05, 3.63) is 23.0 Å². The largest absolute Gasteiger partial charge is 0.370 e. The molecule has 0 atom stereocenters. The summed E-state index contributed by atoms with van der Waals surface area (Å²) in [6.07, 6.45) is 3.75. The SMILES string of the molecule is CCC1CCN(c2cc(C)nc(C)c2C#N)CC1. The molecule has 0 saturated carbocycles. The van der Waals surface area contributed by atoms with Crippen molar-refractivity contribution in [3.8, 4) is 6.07 Å². The summed E-state index contributed by atoms with van der Waals surface area (Å²) >= 11 is 0. The average molecular weight is 243 g/mol. The van der Waals surface area contributed by atoms with Crippen LogP contribution < -0.4 is 4.90 Å². The highest BCUT2D eigenvalue weighted by molar-refractivity contribution is 5.61.